The second-order valence-electron chi connectivity index (χ2n) is 4.88. The molecule has 1 aromatic rings. The third-order valence-electron chi connectivity index (χ3n) is 3.04. The van der Waals surface area contributed by atoms with Gasteiger partial charge in [0.2, 0.25) is 0 Å². The molecule has 1 aliphatic rings. The number of carbonyl (C=O) groups is 2. The molecule has 20 heavy (non-hydrogen) atoms. The molecule has 0 saturated carbocycles. The number of hydrogen-bond acceptors (Lipinski definition) is 3. The first-order valence-corrected chi connectivity index (χ1v) is 6.46. The Hall–Kier alpha value is -2.30. The minimum absolute atomic E-state index is 0.00879. The number of carboxylic acid groups (broad SMARTS) is 1. The largest absolute Gasteiger partial charge is 0.486 e. The molecule has 1 N–H and O–H groups in total. The highest BCUT2D eigenvalue weighted by atomic mass is 16.5. The van der Waals surface area contributed by atoms with Gasteiger partial charge < -0.3 is 14.4 Å². The van der Waals surface area contributed by atoms with Crippen molar-refractivity contribution in [1.82, 2.24) is 4.57 Å². The summed E-state index contributed by atoms with van der Waals surface area (Å²) in [6.45, 7) is 2.22. The third kappa shape index (κ3) is 3.85. The molecule has 0 radical (unpaired) electrons. The maximum absolute atomic E-state index is 11.8. The molecule has 2 rings (SSSR count). The van der Waals surface area contributed by atoms with Crippen LogP contribution in [0.5, 0.6) is 0 Å². The molecule has 0 aliphatic heterocycles. The van der Waals surface area contributed by atoms with Crippen LogP contribution in [0.2, 0.25) is 0 Å². The number of allylic oxidation sites excluding steroid dienone is 3. The first kappa shape index (κ1) is 14.1. The lowest BCUT2D eigenvalue weighted by Crippen LogP contribution is -2.15. The monoisotopic (exact) mass is 275 g/mol. The number of carbonyl (C=O) groups excluding carboxylic acids is 1. The van der Waals surface area contributed by atoms with Crippen LogP contribution in [0.25, 0.3) is 0 Å². The molecule has 0 fully saturated rings. The predicted octanol–water partition coefficient (Wildman–Crippen LogP) is 2.25. The van der Waals surface area contributed by atoms with Crippen LogP contribution in [-0.2, 0) is 16.1 Å². The zero-order valence-corrected chi connectivity index (χ0v) is 11.3. The van der Waals surface area contributed by atoms with Crippen LogP contribution in [0, 0.1) is 5.92 Å². The van der Waals surface area contributed by atoms with Crippen LogP contribution in [-0.4, -0.2) is 28.0 Å². The van der Waals surface area contributed by atoms with Crippen molar-refractivity contribution in [1.29, 1.82) is 0 Å². The number of aromatic nitrogens is 1. The summed E-state index contributed by atoms with van der Waals surface area (Å²) >= 11 is 0. The fourth-order valence-electron chi connectivity index (χ4n) is 1.89. The molecule has 1 atom stereocenters. The summed E-state index contributed by atoms with van der Waals surface area (Å²) in [7, 11) is 0. The van der Waals surface area contributed by atoms with Crippen molar-refractivity contribution >= 4 is 11.8 Å². The van der Waals surface area contributed by atoms with Crippen LogP contribution in [0.15, 0.2) is 42.4 Å². The standard InChI is InChI=1S/C15H17NO4/c1-11-2-4-14(5-3-11)20-10-13(17)9-16-7-6-12(8-16)15(18)19/h2,4-8,11H,3,9-10H2,1H3,(H,18,19). The quantitative estimate of drug-likeness (QED) is 0.864. The number of ketones is 1. The van der Waals surface area contributed by atoms with E-state index in [0.29, 0.717) is 5.92 Å². The summed E-state index contributed by atoms with van der Waals surface area (Å²) in [4.78, 5) is 22.5. The van der Waals surface area contributed by atoms with Crippen LogP contribution < -0.4 is 0 Å². The fraction of sp³-hybridized carbons (Fsp3) is 0.333. The number of nitrogens with zero attached hydrogens (tertiary/aromatic N) is 1. The molecule has 0 aromatic carbocycles. The van der Waals surface area contributed by atoms with Gasteiger partial charge in [-0.05, 0) is 30.6 Å². The zero-order valence-electron chi connectivity index (χ0n) is 11.3. The Kier molecular flexibility index (Phi) is 4.40. The second-order valence-corrected chi connectivity index (χ2v) is 4.88. The minimum atomic E-state index is -1.00. The van der Waals surface area contributed by atoms with E-state index in [9.17, 15) is 9.59 Å². The van der Waals surface area contributed by atoms with Gasteiger partial charge in [-0.2, -0.15) is 0 Å². The average molecular weight is 275 g/mol. The maximum atomic E-state index is 11.8. The van der Waals surface area contributed by atoms with Crippen molar-refractivity contribution in [2.75, 3.05) is 6.61 Å². The van der Waals surface area contributed by atoms with E-state index in [1.165, 1.54) is 12.3 Å². The Morgan fingerprint density at radius 3 is 2.90 bits per heavy atom. The Labute approximate surface area is 117 Å². The number of rotatable bonds is 6. The lowest BCUT2D eigenvalue weighted by molar-refractivity contribution is -0.122. The number of ether oxygens (including phenoxy) is 1. The molecule has 1 heterocycles. The SMILES string of the molecule is CC1C=CC(OCC(=O)Cn2ccc(C(=O)O)c2)=CC1. The van der Waals surface area contributed by atoms with E-state index in [0.717, 1.165) is 12.2 Å². The number of carboxylic acids is 1. The molecule has 1 aliphatic carbocycles. The molecule has 0 spiro atoms. The summed E-state index contributed by atoms with van der Waals surface area (Å²) in [5, 5.41) is 8.79. The lowest BCUT2D eigenvalue weighted by Gasteiger charge is -2.12. The third-order valence-corrected chi connectivity index (χ3v) is 3.04. The summed E-state index contributed by atoms with van der Waals surface area (Å²) in [5.41, 5.74) is 0.172. The first-order chi connectivity index (χ1) is 9.54. The average Bonchev–Trinajstić information content (AvgIpc) is 2.87. The first-order valence-electron chi connectivity index (χ1n) is 6.46. The van der Waals surface area contributed by atoms with Gasteiger partial charge in [0.15, 0.2) is 5.78 Å². The number of aromatic carboxylic acids is 1. The fourth-order valence-corrected chi connectivity index (χ4v) is 1.89. The van der Waals surface area contributed by atoms with E-state index < -0.39 is 5.97 Å². The minimum Gasteiger partial charge on any atom is -0.486 e. The molecule has 0 saturated heterocycles. The zero-order chi connectivity index (χ0) is 14.5. The summed E-state index contributed by atoms with van der Waals surface area (Å²) in [6.07, 6.45) is 9.81. The van der Waals surface area contributed by atoms with E-state index in [2.05, 4.69) is 6.92 Å². The van der Waals surface area contributed by atoms with Crippen molar-refractivity contribution in [2.45, 2.75) is 19.9 Å². The Balaban J connectivity index is 1.80. The van der Waals surface area contributed by atoms with E-state index in [-0.39, 0.29) is 24.5 Å². The van der Waals surface area contributed by atoms with Crippen molar-refractivity contribution < 1.29 is 19.4 Å². The van der Waals surface area contributed by atoms with Gasteiger partial charge in [-0.15, -0.1) is 0 Å². The van der Waals surface area contributed by atoms with E-state index in [1.807, 2.05) is 18.2 Å². The lowest BCUT2D eigenvalue weighted by atomic mass is 10.0. The number of hydrogen-bond donors (Lipinski definition) is 1. The van der Waals surface area contributed by atoms with Gasteiger partial charge in [0.25, 0.3) is 0 Å². The van der Waals surface area contributed by atoms with Crippen LogP contribution in [0.4, 0.5) is 0 Å². The molecule has 5 heteroatoms. The second kappa shape index (κ2) is 6.23. The Morgan fingerprint density at radius 2 is 2.30 bits per heavy atom. The van der Waals surface area contributed by atoms with E-state index in [4.69, 9.17) is 9.84 Å². The molecule has 1 unspecified atom stereocenters. The molecule has 0 amide bonds. The van der Waals surface area contributed by atoms with Crippen molar-refractivity contribution in [3.63, 3.8) is 0 Å². The molecule has 106 valence electrons. The summed E-state index contributed by atoms with van der Waals surface area (Å²) < 4.78 is 6.96. The van der Waals surface area contributed by atoms with Gasteiger partial charge in [0.1, 0.15) is 12.4 Å². The highest BCUT2D eigenvalue weighted by Crippen LogP contribution is 2.16. The highest BCUT2D eigenvalue weighted by Gasteiger charge is 2.10. The van der Waals surface area contributed by atoms with E-state index in [1.54, 1.807) is 10.8 Å². The van der Waals surface area contributed by atoms with Crippen molar-refractivity contribution in [3.8, 4) is 0 Å². The Bertz CT molecular complexity index is 568. The normalized spacial score (nSPS) is 17.6. The van der Waals surface area contributed by atoms with Crippen molar-refractivity contribution in [2.24, 2.45) is 5.92 Å². The van der Waals surface area contributed by atoms with Gasteiger partial charge in [-0.1, -0.05) is 13.0 Å². The number of Topliss-reactive ketones (excluding diaryl/α,β-unsaturated/α-hetero) is 1. The van der Waals surface area contributed by atoms with Crippen LogP contribution in [0.3, 0.4) is 0 Å². The predicted molar refractivity (Wildman–Crippen MR) is 73.4 cm³/mol. The highest BCUT2D eigenvalue weighted by molar-refractivity contribution is 5.87. The molecule has 0 bridgehead atoms. The molecule has 1 aromatic heterocycles. The smallest absolute Gasteiger partial charge is 0.337 e. The van der Waals surface area contributed by atoms with Gasteiger partial charge in [0, 0.05) is 12.4 Å². The summed E-state index contributed by atoms with van der Waals surface area (Å²) in [6, 6.07) is 1.46. The van der Waals surface area contributed by atoms with Gasteiger partial charge in [-0.3, -0.25) is 4.79 Å². The molecule has 5 nitrogen and oxygen atoms in total. The molecular weight excluding hydrogens is 258 g/mol. The Morgan fingerprint density at radius 1 is 1.50 bits per heavy atom. The molecular formula is C15H17NO4. The van der Waals surface area contributed by atoms with Gasteiger partial charge >= 0.3 is 5.97 Å². The summed E-state index contributed by atoms with van der Waals surface area (Å²) in [5.74, 6) is 0.118. The van der Waals surface area contributed by atoms with Gasteiger partial charge in [0.05, 0.1) is 12.1 Å². The van der Waals surface area contributed by atoms with Crippen molar-refractivity contribution in [3.05, 3.63) is 48.0 Å². The topological polar surface area (TPSA) is 68.5 Å². The van der Waals surface area contributed by atoms with Crippen LogP contribution in [0.1, 0.15) is 23.7 Å². The maximum Gasteiger partial charge on any atom is 0.337 e. The van der Waals surface area contributed by atoms with Crippen LogP contribution >= 0.6 is 0 Å². The van der Waals surface area contributed by atoms with E-state index >= 15 is 0 Å². The van der Waals surface area contributed by atoms with Gasteiger partial charge in [-0.25, -0.2) is 4.79 Å².